The number of carbonyl (C=O) groups is 2. The fourth-order valence-electron chi connectivity index (χ4n) is 5.15. The molecule has 3 fully saturated rings. The Morgan fingerprint density at radius 3 is 2.61 bits per heavy atom. The van der Waals surface area contributed by atoms with Crippen molar-refractivity contribution in [3.05, 3.63) is 24.0 Å². The van der Waals surface area contributed by atoms with Crippen LogP contribution in [0.15, 0.2) is 18.3 Å². The predicted octanol–water partition coefficient (Wildman–Crippen LogP) is 2.73. The number of pyridine rings is 1. The van der Waals surface area contributed by atoms with E-state index in [2.05, 4.69) is 15.3 Å². The number of rotatable bonds is 8. The molecule has 0 radical (unpaired) electrons. The number of amides is 1. The zero-order chi connectivity index (χ0) is 23.1. The van der Waals surface area contributed by atoms with Crippen molar-refractivity contribution in [2.45, 2.75) is 44.8 Å². The second kappa shape index (κ2) is 8.64. The molecule has 0 bridgehead atoms. The molecule has 2 aromatic heterocycles. The SMILES string of the molecule is CN(CC1CCC1)C(=O)OCc1c(-c2ccc(OC3CC4C(C3)C4C(=O)O)cn2)nnn1C. The van der Waals surface area contributed by atoms with Gasteiger partial charge in [-0.25, -0.2) is 9.48 Å². The summed E-state index contributed by atoms with van der Waals surface area (Å²) in [5.74, 6) is 0.841. The summed E-state index contributed by atoms with van der Waals surface area (Å²) < 4.78 is 13.1. The number of aryl methyl sites for hydroxylation is 1. The molecule has 176 valence electrons. The van der Waals surface area contributed by atoms with Gasteiger partial charge < -0.3 is 19.5 Å². The number of carboxylic acids is 1. The Morgan fingerprint density at radius 2 is 2.00 bits per heavy atom. The molecule has 2 atom stereocenters. The van der Waals surface area contributed by atoms with Gasteiger partial charge in [-0.15, -0.1) is 5.10 Å². The number of nitrogens with zero attached hydrogens (tertiary/aromatic N) is 5. The summed E-state index contributed by atoms with van der Waals surface area (Å²) in [6, 6.07) is 3.64. The van der Waals surface area contributed by atoms with Crippen LogP contribution in [0.2, 0.25) is 0 Å². The van der Waals surface area contributed by atoms with E-state index in [0.717, 1.165) is 19.4 Å². The minimum absolute atomic E-state index is 0.0339. The molecule has 0 aromatic carbocycles. The largest absolute Gasteiger partial charge is 0.489 e. The first-order chi connectivity index (χ1) is 15.9. The number of carbonyl (C=O) groups excluding carboxylic acids is 1. The van der Waals surface area contributed by atoms with Crippen molar-refractivity contribution in [1.82, 2.24) is 24.9 Å². The Morgan fingerprint density at radius 1 is 1.24 bits per heavy atom. The summed E-state index contributed by atoms with van der Waals surface area (Å²) in [7, 11) is 3.52. The van der Waals surface area contributed by atoms with Gasteiger partial charge in [0.2, 0.25) is 0 Å². The molecular formula is C23H29N5O5. The lowest BCUT2D eigenvalue weighted by Gasteiger charge is -2.29. The van der Waals surface area contributed by atoms with Crippen LogP contribution in [0.4, 0.5) is 4.79 Å². The average molecular weight is 456 g/mol. The molecule has 3 saturated carbocycles. The van der Waals surface area contributed by atoms with E-state index in [0.29, 0.717) is 28.7 Å². The van der Waals surface area contributed by atoms with Gasteiger partial charge in [-0.3, -0.25) is 9.78 Å². The lowest BCUT2D eigenvalue weighted by molar-refractivity contribution is -0.139. The smallest absolute Gasteiger partial charge is 0.409 e. The number of aromatic nitrogens is 4. The zero-order valence-corrected chi connectivity index (χ0v) is 18.9. The highest BCUT2D eigenvalue weighted by Gasteiger charge is 2.60. The monoisotopic (exact) mass is 455 g/mol. The average Bonchev–Trinajstić information content (AvgIpc) is 3.08. The molecule has 2 heterocycles. The number of hydrogen-bond donors (Lipinski definition) is 1. The third kappa shape index (κ3) is 4.38. The van der Waals surface area contributed by atoms with Crippen molar-refractivity contribution in [2.24, 2.45) is 30.7 Å². The van der Waals surface area contributed by atoms with Crippen molar-refractivity contribution in [1.29, 1.82) is 0 Å². The molecule has 10 heteroatoms. The quantitative estimate of drug-likeness (QED) is 0.645. The molecular weight excluding hydrogens is 426 g/mol. The fraction of sp³-hybridized carbons (Fsp3) is 0.609. The second-order valence-corrected chi connectivity index (χ2v) is 9.52. The maximum atomic E-state index is 12.4. The van der Waals surface area contributed by atoms with Crippen molar-refractivity contribution in [3.63, 3.8) is 0 Å². The van der Waals surface area contributed by atoms with Crippen LogP contribution in [-0.4, -0.2) is 61.7 Å². The maximum absolute atomic E-state index is 12.4. The van der Waals surface area contributed by atoms with Crippen molar-refractivity contribution >= 4 is 12.1 Å². The van der Waals surface area contributed by atoms with Crippen LogP contribution in [0.3, 0.4) is 0 Å². The van der Waals surface area contributed by atoms with Gasteiger partial charge in [-0.2, -0.15) is 0 Å². The molecule has 0 spiro atoms. The van der Waals surface area contributed by atoms with Gasteiger partial charge in [-0.1, -0.05) is 11.6 Å². The maximum Gasteiger partial charge on any atom is 0.409 e. The van der Waals surface area contributed by atoms with Crippen LogP contribution < -0.4 is 4.74 Å². The second-order valence-electron chi connectivity index (χ2n) is 9.52. The van der Waals surface area contributed by atoms with Crippen molar-refractivity contribution in [2.75, 3.05) is 13.6 Å². The molecule has 2 unspecified atom stereocenters. The first-order valence-electron chi connectivity index (χ1n) is 11.5. The Balaban J connectivity index is 1.17. The molecule has 3 aliphatic carbocycles. The molecule has 33 heavy (non-hydrogen) atoms. The summed E-state index contributed by atoms with van der Waals surface area (Å²) in [6.45, 7) is 0.778. The summed E-state index contributed by atoms with van der Waals surface area (Å²) in [5, 5.41) is 17.4. The van der Waals surface area contributed by atoms with Crippen LogP contribution in [0, 0.1) is 23.7 Å². The van der Waals surface area contributed by atoms with E-state index in [1.807, 2.05) is 12.1 Å². The predicted molar refractivity (Wildman–Crippen MR) is 116 cm³/mol. The molecule has 2 aromatic rings. The van der Waals surface area contributed by atoms with E-state index in [-0.39, 0.29) is 36.6 Å². The van der Waals surface area contributed by atoms with Crippen LogP contribution in [0.25, 0.3) is 11.4 Å². The van der Waals surface area contributed by atoms with Crippen LogP contribution >= 0.6 is 0 Å². The minimum atomic E-state index is -0.690. The van der Waals surface area contributed by atoms with Gasteiger partial charge in [-0.05, 0) is 55.6 Å². The van der Waals surface area contributed by atoms with Crippen LogP contribution in [0.5, 0.6) is 5.75 Å². The molecule has 1 amide bonds. The van der Waals surface area contributed by atoms with Crippen molar-refractivity contribution < 1.29 is 24.2 Å². The van der Waals surface area contributed by atoms with Gasteiger partial charge in [0.1, 0.15) is 23.7 Å². The summed E-state index contributed by atoms with van der Waals surface area (Å²) in [4.78, 5) is 29.6. The third-order valence-electron chi connectivity index (χ3n) is 7.31. The molecule has 0 aliphatic heterocycles. The highest BCUT2D eigenvalue weighted by atomic mass is 16.6. The van der Waals surface area contributed by atoms with E-state index in [4.69, 9.17) is 14.6 Å². The summed E-state index contributed by atoms with van der Waals surface area (Å²) in [6.07, 6.45) is 6.45. The Labute approximate surface area is 191 Å². The Hall–Kier alpha value is -3.17. The molecule has 10 nitrogen and oxygen atoms in total. The lowest BCUT2D eigenvalue weighted by Crippen LogP contribution is -2.34. The Bertz CT molecular complexity index is 1020. The first kappa shape index (κ1) is 21.7. The van der Waals surface area contributed by atoms with E-state index in [9.17, 15) is 9.59 Å². The van der Waals surface area contributed by atoms with Gasteiger partial charge in [0, 0.05) is 20.6 Å². The topological polar surface area (TPSA) is 120 Å². The third-order valence-corrected chi connectivity index (χ3v) is 7.31. The fourth-order valence-corrected chi connectivity index (χ4v) is 5.15. The summed E-state index contributed by atoms with van der Waals surface area (Å²) in [5.41, 5.74) is 1.84. The molecule has 1 N–H and O–H groups in total. The number of hydrogen-bond acceptors (Lipinski definition) is 7. The van der Waals surface area contributed by atoms with Gasteiger partial charge in [0.05, 0.1) is 23.9 Å². The normalized spacial score (nSPS) is 25.8. The van der Waals surface area contributed by atoms with E-state index in [1.54, 1.807) is 29.9 Å². The molecule has 3 aliphatic rings. The summed E-state index contributed by atoms with van der Waals surface area (Å²) >= 11 is 0. The van der Waals surface area contributed by atoms with Gasteiger partial charge in [0.15, 0.2) is 0 Å². The van der Waals surface area contributed by atoms with Crippen LogP contribution in [-0.2, 0) is 23.2 Å². The standard InChI is InChI=1S/C23H29N5O5/c1-27(11-13-4-3-5-13)23(31)32-12-19-21(25-26-28(19)2)18-7-6-14(10-24-18)33-15-8-16-17(9-15)20(16)22(29)30/h6-7,10,13,15-17,20H,3-5,8-9,11-12H2,1-2H3,(H,29,30). The first-order valence-corrected chi connectivity index (χ1v) is 11.5. The molecule has 5 rings (SSSR count). The number of ether oxygens (including phenoxy) is 2. The highest BCUT2D eigenvalue weighted by Crippen LogP contribution is 2.58. The minimum Gasteiger partial charge on any atom is -0.489 e. The molecule has 0 saturated heterocycles. The van der Waals surface area contributed by atoms with Gasteiger partial charge >= 0.3 is 12.1 Å². The Kier molecular flexibility index (Phi) is 5.67. The van der Waals surface area contributed by atoms with Crippen molar-refractivity contribution in [3.8, 4) is 17.1 Å². The van der Waals surface area contributed by atoms with E-state index >= 15 is 0 Å². The van der Waals surface area contributed by atoms with Gasteiger partial charge in [0.25, 0.3) is 0 Å². The van der Waals surface area contributed by atoms with E-state index < -0.39 is 5.97 Å². The van der Waals surface area contributed by atoms with E-state index in [1.165, 1.54) is 19.3 Å². The highest BCUT2D eigenvalue weighted by molar-refractivity contribution is 5.74. The number of fused-ring (bicyclic) bond motifs is 1. The number of carboxylic acid groups (broad SMARTS) is 1. The number of aliphatic carboxylic acids is 1. The van der Waals surface area contributed by atoms with Crippen LogP contribution in [0.1, 0.15) is 37.8 Å². The zero-order valence-electron chi connectivity index (χ0n) is 18.9. The lowest BCUT2D eigenvalue weighted by atomic mass is 9.85.